The lowest BCUT2D eigenvalue weighted by atomic mass is 10.1. The van der Waals surface area contributed by atoms with Gasteiger partial charge in [0.15, 0.2) is 0 Å². The number of anilines is 1. The van der Waals surface area contributed by atoms with Gasteiger partial charge in [0.1, 0.15) is 0 Å². The number of amides is 1. The van der Waals surface area contributed by atoms with Crippen molar-refractivity contribution in [2.45, 2.75) is 25.7 Å². The van der Waals surface area contributed by atoms with Gasteiger partial charge in [0.05, 0.1) is 16.6 Å². The summed E-state index contributed by atoms with van der Waals surface area (Å²) in [6.45, 7) is 2.65. The zero-order chi connectivity index (χ0) is 20.5. The monoisotopic (exact) mass is 416 g/mol. The molecular formula is C23H20N4O2S. The van der Waals surface area contributed by atoms with E-state index >= 15 is 0 Å². The highest BCUT2D eigenvalue weighted by Crippen LogP contribution is 2.32. The minimum Gasteiger partial charge on any atom is -0.339 e. The molecule has 1 atom stereocenters. The molecule has 2 aromatic carbocycles. The number of carbonyl (C=O) groups excluding carboxylic acids is 1. The third-order valence-corrected chi connectivity index (χ3v) is 6.25. The Kier molecular flexibility index (Phi) is 4.88. The minimum atomic E-state index is -0.104. The van der Waals surface area contributed by atoms with Crippen molar-refractivity contribution in [2.75, 3.05) is 11.4 Å². The molecule has 30 heavy (non-hydrogen) atoms. The van der Waals surface area contributed by atoms with Gasteiger partial charge in [-0.05, 0) is 24.6 Å². The molecule has 1 amide bonds. The number of thiazole rings is 1. The fraction of sp³-hybridized carbons (Fsp3) is 0.217. The molecule has 2 aromatic heterocycles. The van der Waals surface area contributed by atoms with Gasteiger partial charge in [-0.15, -0.1) is 11.3 Å². The van der Waals surface area contributed by atoms with Crippen molar-refractivity contribution in [2.24, 2.45) is 0 Å². The Hall–Kier alpha value is -3.32. The van der Waals surface area contributed by atoms with Crippen molar-refractivity contribution in [3.05, 3.63) is 70.9 Å². The quantitative estimate of drug-likeness (QED) is 0.461. The second-order valence-electron chi connectivity index (χ2n) is 7.26. The van der Waals surface area contributed by atoms with Crippen LogP contribution in [0.2, 0.25) is 0 Å². The maximum atomic E-state index is 12.5. The first-order valence-corrected chi connectivity index (χ1v) is 10.8. The maximum absolute atomic E-state index is 12.5. The number of hydrogen-bond donors (Lipinski definition) is 0. The van der Waals surface area contributed by atoms with Crippen LogP contribution in [0, 0.1) is 0 Å². The van der Waals surface area contributed by atoms with Gasteiger partial charge in [0.2, 0.25) is 17.6 Å². The highest BCUT2D eigenvalue weighted by Gasteiger charge is 2.35. The average molecular weight is 417 g/mol. The summed E-state index contributed by atoms with van der Waals surface area (Å²) in [5.41, 5.74) is 3.76. The highest BCUT2D eigenvalue weighted by molar-refractivity contribution is 7.09. The molecule has 1 unspecified atom stereocenters. The van der Waals surface area contributed by atoms with Crippen LogP contribution < -0.4 is 4.90 Å². The van der Waals surface area contributed by atoms with Crippen molar-refractivity contribution in [3.8, 4) is 22.6 Å². The molecule has 3 heterocycles. The number of aromatic nitrogens is 3. The third kappa shape index (κ3) is 3.52. The first-order chi connectivity index (χ1) is 14.7. The van der Waals surface area contributed by atoms with Crippen LogP contribution in [0.25, 0.3) is 22.6 Å². The van der Waals surface area contributed by atoms with Gasteiger partial charge in [0.25, 0.3) is 0 Å². The first-order valence-electron chi connectivity index (χ1n) is 9.95. The maximum Gasteiger partial charge on any atom is 0.232 e. The van der Waals surface area contributed by atoms with E-state index in [1.165, 1.54) is 0 Å². The lowest BCUT2D eigenvalue weighted by Crippen LogP contribution is -2.24. The SMILES string of the molecule is CCc1nc(-c2cccc(-c3noc(C4CC(=O)N(c5ccccc5)C4)n3)c2)cs1. The van der Waals surface area contributed by atoms with Crippen LogP contribution >= 0.6 is 11.3 Å². The minimum absolute atomic E-state index is 0.0724. The van der Waals surface area contributed by atoms with E-state index in [1.54, 1.807) is 16.2 Å². The Morgan fingerprint density at radius 2 is 1.93 bits per heavy atom. The van der Waals surface area contributed by atoms with Crippen molar-refractivity contribution < 1.29 is 9.32 Å². The summed E-state index contributed by atoms with van der Waals surface area (Å²) in [5, 5.41) is 7.36. The zero-order valence-electron chi connectivity index (χ0n) is 16.5. The van der Waals surface area contributed by atoms with Crippen molar-refractivity contribution in [1.29, 1.82) is 0 Å². The Morgan fingerprint density at radius 1 is 1.10 bits per heavy atom. The molecule has 150 valence electrons. The molecule has 6 nitrogen and oxygen atoms in total. The molecule has 1 aliphatic rings. The van der Waals surface area contributed by atoms with E-state index in [-0.39, 0.29) is 11.8 Å². The summed E-state index contributed by atoms with van der Waals surface area (Å²) in [6, 6.07) is 17.7. The molecule has 0 bridgehead atoms. The van der Waals surface area contributed by atoms with Gasteiger partial charge in [-0.3, -0.25) is 4.79 Å². The summed E-state index contributed by atoms with van der Waals surface area (Å²) >= 11 is 1.67. The molecule has 0 saturated carbocycles. The summed E-state index contributed by atoms with van der Waals surface area (Å²) in [6.07, 6.45) is 1.30. The largest absolute Gasteiger partial charge is 0.339 e. The highest BCUT2D eigenvalue weighted by atomic mass is 32.1. The van der Waals surface area contributed by atoms with E-state index in [2.05, 4.69) is 27.4 Å². The van der Waals surface area contributed by atoms with Gasteiger partial charge < -0.3 is 9.42 Å². The summed E-state index contributed by atoms with van der Waals surface area (Å²) < 4.78 is 5.55. The van der Waals surface area contributed by atoms with Crippen LogP contribution in [0.1, 0.15) is 30.2 Å². The molecule has 1 saturated heterocycles. The number of aryl methyl sites for hydroxylation is 1. The molecule has 0 aliphatic carbocycles. The van der Waals surface area contributed by atoms with E-state index in [0.717, 1.165) is 33.9 Å². The lowest BCUT2D eigenvalue weighted by molar-refractivity contribution is -0.117. The van der Waals surface area contributed by atoms with Crippen molar-refractivity contribution in [3.63, 3.8) is 0 Å². The van der Waals surface area contributed by atoms with Crippen LogP contribution in [-0.2, 0) is 11.2 Å². The first kappa shape index (κ1) is 18.7. The predicted molar refractivity (Wildman–Crippen MR) is 116 cm³/mol. The van der Waals surface area contributed by atoms with Crippen LogP contribution in [0.15, 0.2) is 64.5 Å². The Labute approximate surface area is 178 Å². The van der Waals surface area contributed by atoms with Gasteiger partial charge in [-0.2, -0.15) is 4.98 Å². The van der Waals surface area contributed by atoms with Crippen LogP contribution in [0.3, 0.4) is 0 Å². The van der Waals surface area contributed by atoms with E-state index in [1.807, 2.05) is 54.6 Å². The van der Waals surface area contributed by atoms with Crippen LogP contribution in [0.4, 0.5) is 5.69 Å². The number of rotatable bonds is 5. The molecule has 4 aromatic rings. The molecule has 7 heteroatoms. The summed E-state index contributed by atoms with van der Waals surface area (Å²) in [7, 11) is 0. The number of carbonyl (C=O) groups is 1. The normalized spacial score (nSPS) is 16.4. The standard InChI is InChI=1S/C23H20N4O2S/c1-2-20-24-19(14-30-20)15-7-6-8-16(11-15)22-25-23(29-26-22)17-12-21(28)27(13-17)18-9-4-3-5-10-18/h3-11,14,17H,2,12-13H2,1H3. The number of nitrogens with zero attached hydrogens (tertiary/aromatic N) is 4. The van der Waals surface area contributed by atoms with Gasteiger partial charge in [-0.1, -0.05) is 48.5 Å². The second kappa shape index (κ2) is 7.84. The van der Waals surface area contributed by atoms with Gasteiger partial charge in [-0.25, -0.2) is 4.98 Å². The molecule has 5 rings (SSSR count). The van der Waals surface area contributed by atoms with Crippen molar-refractivity contribution in [1.82, 2.24) is 15.1 Å². The summed E-state index contributed by atoms with van der Waals surface area (Å²) in [4.78, 5) is 23.5. The van der Waals surface area contributed by atoms with Crippen LogP contribution in [-0.4, -0.2) is 27.6 Å². The van der Waals surface area contributed by atoms with Crippen molar-refractivity contribution >= 4 is 22.9 Å². The smallest absolute Gasteiger partial charge is 0.232 e. The Morgan fingerprint density at radius 3 is 2.73 bits per heavy atom. The van der Waals surface area contributed by atoms with E-state index in [9.17, 15) is 4.79 Å². The molecule has 0 spiro atoms. The van der Waals surface area contributed by atoms with E-state index < -0.39 is 0 Å². The van der Waals surface area contributed by atoms with Gasteiger partial charge >= 0.3 is 0 Å². The Bertz CT molecular complexity index is 1180. The van der Waals surface area contributed by atoms with Crippen LogP contribution in [0.5, 0.6) is 0 Å². The molecule has 0 N–H and O–H groups in total. The van der Waals surface area contributed by atoms with E-state index in [4.69, 9.17) is 4.52 Å². The topological polar surface area (TPSA) is 72.1 Å². The van der Waals surface area contributed by atoms with Gasteiger partial charge in [0, 0.05) is 35.2 Å². The number of hydrogen-bond acceptors (Lipinski definition) is 6. The second-order valence-corrected chi connectivity index (χ2v) is 8.20. The molecule has 1 aliphatic heterocycles. The average Bonchev–Trinajstić information content (AvgIpc) is 3.54. The Balaban J connectivity index is 1.37. The molecule has 0 radical (unpaired) electrons. The fourth-order valence-corrected chi connectivity index (χ4v) is 4.43. The zero-order valence-corrected chi connectivity index (χ0v) is 17.3. The lowest BCUT2D eigenvalue weighted by Gasteiger charge is -2.15. The third-order valence-electron chi connectivity index (χ3n) is 5.25. The summed E-state index contributed by atoms with van der Waals surface area (Å²) in [5.74, 6) is 1.00. The number of para-hydroxylation sites is 1. The number of benzene rings is 2. The molecule has 1 fully saturated rings. The predicted octanol–water partition coefficient (Wildman–Crippen LogP) is 4.94. The molecular weight excluding hydrogens is 396 g/mol. The van der Waals surface area contributed by atoms with E-state index in [0.29, 0.717) is 24.7 Å². The fourth-order valence-electron chi connectivity index (χ4n) is 3.67.